The first-order valence-electron chi connectivity index (χ1n) is 6.38. The van der Waals surface area contributed by atoms with E-state index in [1.165, 1.54) is 12.3 Å². The number of hydrogen-bond acceptors (Lipinski definition) is 6. The number of rotatable bonds is 5. The molecule has 0 atom stereocenters. The maximum absolute atomic E-state index is 12.0. The highest BCUT2D eigenvalue weighted by atomic mass is 32.2. The molecule has 0 heterocycles. The van der Waals surface area contributed by atoms with Crippen LogP contribution in [0, 0.1) is 17.0 Å². The van der Waals surface area contributed by atoms with Gasteiger partial charge in [-0.3, -0.25) is 10.1 Å². The van der Waals surface area contributed by atoms with Crippen LogP contribution in [0.1, 0.15) is 11.1 Å². The van der Waals surface area contributed by atoms with Crippen molar-refractivity contribution in [1.82, 2.24) is 4.83 Å². The van der Waals surface area contributed by atoms with E-state index in [1.807, 2.05) is 11.8 Å². The van der Waals surface area contributed by atoms with Gasteiger partial charge in [-0.2, -0.15) is 13.5 Å². The van der Waals surface area contributed by atoms with E-state index in [0.717, 1.165) is 29.8 Å². The van der Waals surface area contributed by atoms with Gasteiger partial charge in [0.2, 0.25) is 0 Å². The summed E-state index contributed by atoms with van der Waals surface area (Å²) in [7, 11) is -3.95. The van der Waals surface area contributed by atoms with Crippen LogP contribution in [0.5, 0.6) is 5.75 Å². The minimum absolute atomic E-state index is 0.0334. The van der Waals surface area contributed by atoms with Gasteiger partial charge in [0.1, 0.15) is 5.75 Å². The maximum Gasteiger partial charge on any atom is 0.276 e. The van der Waals surface area contributed by atoms with Crippen molar-refractivity contribution in [2.24, 2.45) is 5.10 Å². The van der Waals surface area contributed by atoms with Gasteiger partial charge in [-0.15, -0.1) is 0 Å². The van der Waals surface area contributed by atoms with Crippen molar-refractivity contribution in [2.75, 3.05) is 0 Å². The number of nitrogens with one attached hydrogen (secondary N) is 1. The smallest absolute Gasteiger partial charge is 0.276 e. The van der Waals surface area contributed by atoms with Gasteiger partial charge in [0.05, 0.1) is 16.0 Å². The molecule has 0 amide bonds. The molecule has 8 nitrogen and oxygen atoms in total. The van der Waals surface area contributed by atoms with Gasteiger partial charge in [-0.1, -0.05) is 11.6 Å². The zero-order chi connectivity index (χ0) is 17.0. The molecule has 0 fully saturated rings. The Labute approximate surface area is 132 Å². The number of nitrogens with zero attached hydrogens (tertiary/aromatic N) is 2. The Morgan fingerprint density at radius 3 is 2.48 bits per heavy atom. The van der Waals surface area contributed by atoms with Gasteiger partial charge >= 0.3 is 0 Å². The second-order valence-electron chi connectivity index (χ2n) is 4.67. The zero-order valence-electron chi connectivity index (χ0n) is 12.0. The van der Waals surface area contributed by atoms with Gasteiger partial charge in [0, 0.05) is 17.7 Å². The molecular formula is C14H13N3O5S. The number of aromatic hydroxyl groups is 1. The average molecular weight is 335 g/mol. The number of nitro benzene ring substituents is 1. The van der Waals surface area contributed by atoms with E-state index in [2.05, 4.69) is 5.10 Å². The third kappa shape index (κ3) is 4.04. The molecule has 0 aliphatic rings. The first kappa shape index (κ1) is 16.4. The van der Waals surface area contributed by atoms with Crippen molar-refractivity contribution < 1.29 is 18.4 Å². The lowest BCUT2D eigenvalue weighted by molar-refractivity contribution is -0.384. The number of phenolic OH excluding ortho intramolecular Hbond substituents is 1. The summed E-state index contributed by atoms with van der Waals surface area (Å²) < 4.78 is 24.0. The van der Waals surface area contributed by atoms with Crippen molar-refractivity contribution in [2.45, 2.75) is 11.8 Å². The van der Waals surface area contributed by atoms with Crippen molar-refractivity contribution in [3.05, 3.63) is 63.7 Å². The third-order valence-electron chi connectivity index (χ3n) is 2.92. The summed E-state index contributed by atoms with van der Waals surface area (Å²) >= 11 is 0. The Kier molecular flexibility index (Phi) is 4.60. The molecule has 0 radical (unpaired) electrons. The van der Waals surface area contributed by atoms with Gasteiger partial charge in [0.25, 0.3) is 15.7 Å². The Bertz CT molecular complexity index is 860. The van der Waals surface area contributed by atoms with Crippen molar-refractivity contribution in [1.29, 1.82) is 0 Å². The Hall–Kier alpha value is -2.94. The van der Waals surface area contributed by atoms with Crippen LogP contribution in [0.15, 0.2) is 52.5 Å². The molecule has 0 spiro atoms. The molecule has 120 valence electrons. The van der Waals surface area contributed by atoms with E-state index in [-0.39, 0.29) is 16.3 Å². The molecule has 2 aromatic rings. The van der Waals surface area contributed by atoms with Gasteiger partial charge < -0.3 is 5.11 Å². The van der Waals surface area contributed by atoms with E-state index in [1.54, 1.807) is 12.1 Å². The lowest BCUT2D eigenvalue weighted by Crippen LogP contribution is -2.18. The van der Waals surface area contributed by atoms with Crippen LogP contribution in [0.25, 0.3) is 0 Å². The summed E-state index contributed by atoms with van der Waals surface area (Å²) in [6.45, 7) is 1.82. The Morgan fingerprint density at radius 2 is 1.87 bits per heavy atom. The summed E-state index contributed by atoms with van der Waals surface area (Å²) in [6, 6.07) is 9.21. The molecule has 0 bridgehead atoms. The number of sulfonamides is 1. The van der Waals surface area contributed by atoms with Crippen LogP contribution in [-0.4, -0.2) is 24.7 Å². The fourth-order valence-corrected chi connectivity index (χ4v) is 2.53. The number of phenols is 1. The Balaban J connectivity index is 2.16. The summed E-state index contributed by atoms with van der Waals surface area (Å²) in [6.07, 6.45) is 1.17. The highest BCUT2D eigenvalue weighted by Gasteiger charge is 2.14. The number of nitro groups is 1. The Morgan fingerprint density at radius 1 is 1.22 bits per heavy atom. The van der Waals surface area contributed by atoms with Crippen LogP contribution in [-0.2, 0) is 10.0 Å². The van der Waals surface area contributed by atoms with Crippen LogP contribution in [0.2, 0.25) is 0 Å². The summed E-state index contributed by atoms with van der Waals surface area (Å²) in [4.78, 5) is 11.7. The monoisotopic (exact) mass is 335 g/mol. The second kappa shape index (κ2) is 6.44. The molecule has 23 heavy (non-hydrogen) atoms. The molecule has 9 heteroatoms. The molecular weight excluding hydrogens is 322 g/mol. The SMILES string of the molecule is Cc1ccc(O)c(/C=N/NS(=O)(=O)c2ccc([N+](=O)[O-])cc2)c1. The summed E-state index contributed by atoms with van der Waals surface area (Å²) in [5.41, 5.74) is 1.02. The summed E-state index contributed by atoms with van der Waals surface area (Å²) in [5.74, 6) is -0.0334. The minimum Gasteiger partial charge on any atom is -0.507 e. The molecule has 0 unspecified atom stereocenters. The van der Waals surface area contributed by atoms with E-state index >= 15 is 0 Å². The quantitative estimate of drug-likeness (QED) is 0.491. The first-order chi connectivity index (χ1) is 10.8. The second-order valence-corrected chi connectivity index (χ2v) is 6.33. The molecule has 2 aromatic carbocycles. The van der Waals surface area contributed by atoms with Crippen molar-refractivity contribution in [3.63, 3.8) is 0 Å². The maximum atomic E-state index is 12.0. The van der Waals surface area contributed by atoms with E-state index in [9.17, 15) is 23.6 Å². The zero-order valence-corrected chi connectivity index (χ0v) is 12.8. The van der Waals surface area contributed by atoms with Crippen LogP contribution in [0.4, 0.5) is 5.69 Å². The molecule has 2 N–H and O–H groups in total. The predicted octanol–water partition coefficient (Wildman–Crippen LogP) is 1.92. The number of benzene rings is 2. The molecule has 0 aliphatic carbocycles. The van der Waals surface area contributed by atoms with Crippen LogP contribution >= 0.6 is 0 Å². The van der Waals surface area contributed by atoms with E-state index in [4.69, 9.17) is 0 Å². The van der Waals surface area contributed by atoms with Crippen LogP contribution < -0.4 is 4.83 Å². The summed E-state index contributed by atoms with van der Waals surface area (Å²) in [5, 5.41) is 23.8. The van der Waals surface area contributed by atoms with Gasteiger partial charge in [-0.25, -0.2) is 4.83 Å². The standard InChI is InChI=1S/C14H13N3O5S/c1-10-2-7-14(18)11(8-10)9-15-16-23(21,22)13-5-3-12(4-6-13)17(19)20/h2-9,16,18H,1H3/b15-9+. The van der Waals surface area contributed by atoms with E-state index < -0.39 is 14.9 Å². The molecule has 2 rings (SSSR count). The highest BCUT2D eigenvalue weighted by molar-refractivity contribution is 7.89. The first-order valence-corrected chi connectivity index (χ1v) is 7.87. The highest BCUT2D eigenvalue weighted by Crippen LogP contribution is 2.17. The fourth-order valence-electron chi connectivity index (χ4n) is 1.74. The van der Waals surface area contributed by atoms with Crippen molar-refractivity contribution >= 4 is 21.9 Å². The van der Waals surface area contributed by atoms with Crippen LogP contribution in [0.3, 0.4) is 0 Å². The predicted molar refractivity (Wildman–Crippen MR) is 83.9 cm³/mol. The number of hydrazone groups is 1. The largest absolute Gasteiger partial charge is 0.507 e. The lowest BCUT2D eigenvalue weighted by atomic mass is 10.1. The number of non-ortho nitro benzene ring substituents is 1. The minimum atomic E-state index is -3.95. The topological polar surface area (TPSA) is 122 Å². The normalized spacial score (nSPS) is 11.5. The molecule has 0 aliphatic heterocycles. The van der Waals surface area contributed by atoms with E-state index in [0.29, 0.717) is 5.56 Å². The average Bonchev–Trinajstić information content (AvgIpc) is 2.50. The number of hydrogen-bond donors (Lipinski definition) is 2. The molecule has 0 saturated carbocycles. The third-order valence-corrected chi connectivity index (χ3v) is 4.16. The molecule has 0 saturated heterocycles. The van der Waals surface area contributed by atoms with Gasteiger partial charge in [0.15, 0.2) is 0 Å². The van der Waals surface area contributed by atoms with Crippen molar-refractivity contribution in [3.8, 4) is 5.75 Å². The van der Waals surface area contributed by atoms with Gasteiger partial charge in [-0.05, 0) is 31.2 Å². The number of aryl methyl sites for hydroxylation is 1. The molecule has 0 aromatic heterocycles. The fraction of sp³-hybridized carbons (Fsp3) is 0.0714. The lowest BCUT2D eigenvalue weighted by Gasteiger charge is -2.03.